The second-order valence-corrected chi connectivity index (χ2v) is 3.99. The molecule has 0 saturated heterocycles. The van der Waals surface area contributed by atoms with E-state index in [4.69, 9.17) is 0 Å². The molecule has 0 saturated carbocycles. The van der Waals surface area contributed by atoms with Crippen LogP contribution in [0.15, 0.2) is 18.7 Å². The number of hydrogen-bond donors (Lipinski definition) is 1. The molecule has 0 radical (unpaired) electrons. The largest absolute Gasteiger partial charge is 0.312 e. The minimum Gasteiger partial charge on any atom is -0.312 e. The van der Waals surface area contributed by atoms with Crippen molar-refractivity contribution < 1.29 is 0 Å². The van der Waals surface area contributed by atoms with Crippen LogP contribution in [-0.4, -0.2) is 28.5 Å². The minimum absolute atomic E-state index is 0.367. The molecule has 72 valence electrons. The van der Waals surface area contributed by atoms with Crippen LogP contribution in [0.4, 0.5) is 0 Å². The van der Waals surface area contributed by atoms with Gasteiger partial charge >= 0.3 is 0 Å². The van der Waals surface area contributed by atoms with Crippen LogP contribution in [0.2, 0.25) is 0 Å². The molecular weight excluding hydrogens is 182 g/mol. The molecule has 1 heterocycles. The fraction of sp³-hybridized carbons (Fsp3) is 0.556. The van der Waals surface area contributed by atoms with Crippen LogP contribution in [0.1, 0.15) is 18.5 Å². The number of rotatable bonds is 5. The molecule has 0 aliphatic heterocycles. The molecule has 1 rings (SSSR count). The zero-order valence-electron chi connectivity index (χ0n) is 8.03. The molecule has 0 fully saturated rings. The van der Waals surface area contributed by atoms with Gasteiger partial charge in [0.2, 0.25) is 0 Å². The lowest BCUT2D eigenvalue weighted by Crippen LogP contribution is -2.19. The Morgan fingerprint density at radius 1 is 1.46 bits per heavy atom. The van der Waals surface area contributed by atoms with Gasteiger partial charge in [0.1, 0.15) is 6.33 Å². The van der Waals surface area contributed by atoms with Crippen molar-refractivity contribution in [3.63, 3.8) is 0 Å². The number of nitrogens with one attached hydrogen (secondary N) is 1. The van der Waals surface area contributed by atoms with Crippen molar-refractivity contribution in [1.29, 1.82) is 0 Å². The monoisotopic (exact) mass is 197 g/mol. The number of aromatic nitrogens is 2. The fourth-order valence-electron chi connectivity index (χ4n) is 1.07. The van der Waals surface area contributed by atoms with E-state index >= 15 is 0 Å². The van der Waals surface area contributed by atoms with Crippen molar-refractivity contribution >= 4 is 11.8 Å². The molecule has 1 unspecified atom stereocenters. The molecule has 1 N–H and O–H groups in total. The average molecular weight is 197 g/mol. The van der Waals surface area contributed by atoms with Gasteiger partial charge in [-0.1, -0.05) is 6.92 Å². The van der Waals surface area contributed by atoms with E-state index in [1.165, 1.54) is 0 Å². The first kappa shape index (κ1) is 10.5. The van der Waals surface area contributed by atoms with E-state index in [0.717, 1.165) is 17.1 Å². The first-order valence-corrected chi connectivity index (χ1v) is 5.53. The van der Waals surface area contributed by atoms with E-state index in [-0.39, 0.29) is 0 Å². The summed E-state index contributed by atoms with van der Waals surface area (Å²) in [5, 5.41) is 3.25. The molecular formula is C9H15N3S. The zero-order chi connectivity index (χ0) is 9.52. The number of hydrogen-bond acceptors (Lipinski definition) is 4. The number of thioether (sulfide) groups is 1. The van der Waals surface area contributed by atoms with Crippen molar-refractivity contribution in [1.82, 2.24) is 15.3 Å². The van der Waals surface area contributed by atoms with Gasteiger partial charge in [0.15, 0.2) is 0 Å². The topological polar surface area (TPSA) is 37.8 Å². The molecule has 0 spiro atoms. The van der Waals surface area contributed by atoms with E-state index in [1.807, 2.05) is 31.2 Å². The SMILES string of the molecule is CCSCC(NC)c1cncnc1. The zero-order valence-corrected chi connectivity index (χ0v) is 8.84. The van der Waals surface area contributed by atoms with Crippen molar-refractivity contribution in [2.24, 2.45) is 0 Å². The summed E-state index contributed by atoms with van der Waals surface area (Å²) in [6.45, 7) is 2.17. The van der Waals surface area contributed by atoms with Crippen LogP contribution in [0, 0.1) is 0 Å². The van der Waals surface area contributed by atoms with E-state index in [9.17, 15) is 0 Å². The van der Waals surface area contributed by atoms with Gasteiger partial charge < -0.3 is 5.32 Å². The van der Waals surface area contributed by atoms with E-state index in [1.54, 1.807) is 6.33 Å². The molecule has 1 aromatic heterocycles. The first-order valence-electron chi connectivity index (χ1n) is 4.38. The van der Waals surface area contributed by atoms with E-state index in [0.29, 0.717) is 6.04 Å². The summed E-state index contributed by atoms with van der Waals surface area (Å²) in [5.74, 6) is 2.21. The predicted octanol–water partition coefficient (Wildman–Crippen LogP) is 1.49. The molecule has 0 amide bonds. The highest BCUT2D eigenvalue weighted by Gasteiger charge is 2.08. The predicted molar refractivity (Wildman–Crippen MR) is 56.8 cm³/mol. The Bertz CT molecular complexity index is 228. The third-order valence-corrected chi connectivity index (χ3v) is 2.80. The summed E-state index contributed by atoms with van der Waals surface area (Å²) < 4.78 is 0. The van der Waals surface area contributed by atoms with Crippen LogP contribution in [-0.2, 0) is 0 Å². The molecule has 4 heteroatoms. The Kier molecular flexibility index (Phi) is 4.78. The Balaban J connectivity index is 2.56. The minimum atomic E-state index is 0.367. The lowest BCUT2D eigenvalue weighted by molar-refractivity contribution is 0.655. The molecule has 13 heavy (non-hydrogen) atoms. The van der Waals surface area contributed by atoms with Gasteiger partial charge in [-0.3, -0.25) is 0 Å². The molecule has 1 aromatic rings. The van der Waals surface area contributed by atoms with Crippen LogP contribution in [0.5, 0.6) is 0 Å². The standard InChI is InChI=1S/C9H15N3S/c1-3-13-6-9(10-2)8-4-11-7-12-5-8/h4-5,7,9-10H,3,6H2,1-2H3. The van der Waals surface area contributed by atoms with Crippen LogP contribution in [0.25, 0.3) is 0 Å². The fourth-order valence-corrected chi connectivity index (χ4v) is 1.90. The van der Waals surface area contributed by atoms with E-state index < -0.39 is 0 Å². The molecule has 0 aliphatic carbocycles. The van der Waals surface area contributed by atoms with Crippen molar-refractivity contribution in [3.05, 3.63) is 24.3 Å². The molecule has 0 aliphatic rings. The lowest BCUT2D eigenvalue weighted by Gasteiger charge is -2.14. The highest BCUT2D eigenvalue weighted by molar-refractivity contribution is 7.99. The maximum atomic E-state index is 4.00. The van der Waals surface area contributed by atoms with Gasteiger partial charge in [0, 0.05) is 29.8 Å². The van der Waals surface area contributed by atoms with Gasteiger partial charge in [-0.25, -0.2) is 9.97 Å². The van der Waals surface area contributed by atoms with Gasteiger partial charge in [0.05, 0.1) is 0 Å². The Morgan fingerprint density at radius 2 is 2.15 bits per heavy atom. The summed E-state index contributed by atoms with van der Waals surface area (Å²) in [6, 6.07) is 0.367. The van der Waals surface area contributed by atoms with Crippen LogP contribution in [0.3, 0.4) is 0 Å². The third kappa shape index (κ3) is 3.32. The van der Waals surface area contributed by atoms with Crippen molar-refractivity contribution in [2.45, 2.75) is 13.0 Å². The second-order valence-electron chi connectivity index (χ2n) is 2.67. The number of nitrogens with zero attached hydrogens (tertiary/aromatic N) is 2. The normalized spacial score (nSPS) is 12.8. The third-order valence-electron chi connectivity index (χ3n) is 1.82. The maximum absolute atomic E-state index is 4.00. The Hall–Kier alpha value is -0.610. The smallest absolute Gasteiger partial charge is 0.115 e. The quantitative estimate of drug-likeness (QED) is 0.776. The first-order chi connectivity index (χ1) is 6.38. The molecule has 3 nitrogen and oxygen atoms in total. The molecule has 0 aromatic carbocycles. The van der Waals surface area contributed by atoms with Crippen molar-refractivity contribution in [3.8, 4) is 0 Å². The van der Waals surface area contributed by atoms with E-state index in [2.05, 4.69) is 22.2 Å². The average Bonchev–Trinajstić information content (AvgIpc) is 2.21. The van der Waals surface area contributed by atoms with Crippen LogP contribution < -0.4 is 5.32 Å². The highest BCUT2D eigenvalue weighted by Crippen LogP contribution is 2.15. The highest BCUT2D eigenvalue weighted by atomic mass is 32.2. The molecule has 0 bridgehead atoms. The van der Waals surface area contributed by atoms with Gasteiger partial charge in [0.25, 0.3) is 0 Å². The summed E-state index contributed by atoms with van der Waals surface area (Å²) in [4.78, 5) is 8.00. The maximum Gasteiger partial charge on any atom is 0.115 e. The van der Waals surface area contributed by atoms with Gasteiger partial charge in [-0.15, -0.1) is 0 Å². The van der Waals surface area contributed by atoms with Gasteiger partial charge in [-0.2, -0.15) is 11.8 Å². The van der Waals surface area contributed by atoms with Crippen LogP contribution >= 0.6 is 11.8 Å². The Morgan fingerprint density at radius 3 is 2.69 bits per heavy atom. The Labute approximate surface area is 83.4 Å². The summed E-state index contributed by atoms with van der Waals surface area (Å²) in [6.07, 6.45) is 5.29. The second kappa shape index (κ2) is 5.94. The summed E-state index contributed by atoms with van der Waals surface area (Å²) in [5.41, 5.74) is 1.16. The lowest BCUT2D eigenvalue weighted by atomic mass is 10.2. The summed E-state index contributed by atoms with van der Waals surface area (Å²) >= 11 is 1.92. The van der Waals surface area contributed by atoms with Gasteiger partial charge in [-0.05, 0) is 12.8 Å². The summed E-state index contributed by atoms with van der Waals surface area (Å²) in [7, 11) is 1.97. The molecule has 1 atom stereocenters. The van der Waals surface area contributed by atoms with Crippen molar-refractivity contribution in [2.75, 3.05) is 18.6 Å².